The minimum Gasteiger partial charge on any atom is -0.381 e. The number of anilines is 1. The molecule has 2 heterocycles. The zero-order valence-electron chi connectivity index (χ0n) is 13.7. The van der Waals surface area contributed by atoms with Gasteiger partial charge in [-0.05, 0) is 54.7 Å². The number of nitrogens with one attached hydrogen (secondary N) is 1. The Balaban J connectivity index is 1.36. The first-order chi connectivity index (χ1) is 11.8. The van der Waals surface area contributed by atoms with Crippen molar-refractivity contribution in [3.63, 3.8) is 0 Å². The molecule has 1 aliphatic heterocycles. The fraction of sp³-hybridized carbons (Fsp3) is 0.474. The van der Waals surface area contributed by atoms with E-state index in [0.717, 1.165) is 38.0 Å². The zero-order valence-corrected chi connectivity index (χ0v) is 14.5. The number of aromatic nitrogens is 1. The molecule has 2 aliphatic rings. The molecule has 0 saturated carbocycles. The fourth-order valence-electron chi connectivity index (χ4n) is 3.60. The van der Waals surface area contributed by atoms with Crippen LogP contribution in [0.5, 0.6) is 0 Å². The van der Waals surface area contributed by atoms with Crippen LogP contribution in [-0.2, 0) is 28.8 Å². The molecule has 1 aliphatic carbocycles. The summed E-state index contributed by atoms with van der Waals surface area (Å²) in [6, 6.07) is 6.45. The Hall–Kier alpha value is -1.72. The molecule has 0 atom stereocenters. The van der Waals surface area contributed by atoms with Gasteiger partial charge in [0.25, 0.3) is 0 Å². The van der Waals surface area contributed by atoms with Crippen molar-refractivity contribution >= 4 is 22.4 Å². The summed E-state index contributed by atoms with van der Waals surface area (Å²) in [6.07, 6.45) is 7.97. The first-order valence-electron chi connectivity index (χ1n) is 8.72. The van der Waals surface area contributed by atoms with Crippen molar-refractivity contribution < 1.29 is 9.53 Å². The van der Waals surface area contributed by atoms with E-state index in [9.17, 15) is 4.79 Å². The van der Waals surface area contributed by atoms with Crippen molar-refractivity contribution in [1.29, 1.82) is 0 Å². The Morgan fingerprint density at radius 1 is 1.25 bits per heavy atom. The molecule has 0 unspecified atom stereocenters. The Kier molecular flexibility index (Phi) is 4.63. The van der Waals surface area contributed by atoms with Crippen LogP contribution in [0.3, 0.4) is 0 Å². The maximum absolute atomic E-state index is 12.3. The highest BCUT2D eigenvalue weighted by molar-refractivity contribution is 7.15. The summed E-state index contributed by atoms with van der Waals surface area (Å²) in [7, 11) is 0. The molecule has 1 fully saturated rings. The van der Waals surface area contributed by atoms with Crippen molar-refractivity contribution in [2.45, 2.75) is 44.4 Å². The van der Waals surface area contributed by atoms with Crippen molar-refractivity contribution in [2.75, 3.05) is 18.5 Å². The van der Waals surface area contributed by atoms with Gasteiger partial charge in [-0.2, -0.15) is 0 Å². The van der Waals surface area contributed by atoms with E-state index in [1.807, 2.05) is 6.20 Å². The highest BCUT2D eigenvalue weighted by Gasteiger charge is 2.19. The first kappa shape index (κ1) is 15.8. The number of amides is 1. The minimum absolute atomic E-state index is 0.0147. The highest BCUT2D eigenvalue weighted by Crippen LogP contribution is 2.32. The normalized spacial score (nSPS) is 17.7. The molecular weight excluding hydrogens is 320 g/mol. The van der Waals surface area contributed by atoms with Gasteiger partial charge in [0.1, 0.15) is 0 Å². The van der Waals surface area contributed by atoms with Gasteiger partial charge in [0.15, 0.2) is 5.13 Å². The predicted molar refractivity (Wildman–Crippen MR) is 95.7 cm³/mol. The molecule has 1 aromatic heterocycles. The lowest BCUT2D eigenvalue weighted by molar-refractivity contribution is -0.115. The number of ether oxygens (including phenoxy) is 1. The average Bonchev–Trinajstić information content (AvgIpc) is 3.24. The lowest BCUT2D eigenvalue weighted by Gasteiger charge is -2.20. The second kappa shape index (κ2) is 7.03. The number of thiazole rings is 1. The average molecular weight is 342 g/mol. The summed E-state index contributed by atoms with van der Waals surface area (Å²) in [4.78, 5) is 17.9. The number of fused-ring (bicyclic) bond motifs is 1. The lowest BCUT2D eigenvalue weighted by atomic mass is 9.99. The third kappa shape index (κ3) is 3.52. The van der Waals surface area contributed by atoms with E-state index in [4.69, 9.17) is 4.74 Å². The number of nitrogens with zero attached hydrogens (tertiary/aromatic N) is 1. The Bertz CT molecular complexity index is 735. The quantitative estimate of drug-likeness (QED) is 0.921. The molecule has 1 N–H and O–H groups in total. The Labute approximate surface area is 146 Å². The van der Waals surface area contributed by atoms with Gasteiger partial charge < -0.3 is 10.1 Å². The van der Waals surface area contributed by atoms with Crippen LogP contribution in [0.2, 0.25) is 0 Å². The van der Waals surface area contributed by atoms with Crippen molar-refractivity contribution in [3.8, 4) is 0 Å². The summed E-state index contributed by atoms with van der Waals surface area (Å²) >= 11 is 1.60. The molecule has 1 amide bonds. The minimum atomic E-state index is 0.0147. The number of benzene rings is 1. The zero-order chi connectivity index (χ0) is 16.4. The van der Waals surface area contributed by atoms with Crippen LogP contribution in [0.15, 0.2) is 24.4 Å². The van der Waals surface area contributed by atoms with E-state index in [1.165, 1.54) is 28.8 Å². The molecule has 0 radical (unpaired) electrons. The number of hydrogen-bond acceptors (Lipinski definition) is 4. The largest absolute Gasteiger partial charge is 0.381 e. The van der Waals surface area contributed by atoms with Gasteiger partial charge in [-0.3, -0.25) is 4.79 Å². The Morgan fingerprint density at radius 3 is 2.96 bits per heavy atom. The van der Waals surface area contributed by atoms with E-state index in [-0.39, 0.29) is 5.91 Å². The molecule has 1 saturated heterocycles. The molecule has 4 rings (SSSR count). The molecule has 1 aromatic carbocycles. The molecule has 2 aromatic rings. The van der Waals surface area contributed by atoms with Gasteiger partial charge in [-0.1, -0.05) is 18.2 Å². The van der Waals surface area contributed by atoms with E-state index in [2.05, 4.69) is 28.5 Å². The number of rotatable bonds is 4. The van der Waals surface area contributed by atoms with Gasteiger partial charge in [-0.25, -0.2) is 4.98 Å². The fourth-order valence-corrected chi connectivity index (χ4v) is 4.60. The van der Waals surface area contributed by atoms with Crippen molar-refractivity contribution in [2.24, 2.45) is 0 Å². The summed E-state index contributed by atoms with van der Waals surface area (Å²) in [5.74, 6) is 0.541. The number of carbonyl (C=O) groups excluding carboxylic acids is 1. The van der Waals surface area contributed by atoms with E-state index < -0.39 is 0 Å². The second-order valence-electron chi connectivity index (χ2n) is 6.64. The maximum Gasteiger partial charge on any atom is 0.230 e. The van der Waals surface area contributed by atoms with Crippen molar-refractivity contribution in [3.05, 3.63) is 46.0 Å². The number of carbonyl (C=O) groups is 1. The van der Waals surface area contributed by atoms with Crippen LogP contribution in [0.1, 0.15) is 46.7 Å². The van der Waals surface area contributed by atoms with Crippen LogP contribution in [-0.4, -0.2) is 24.1 Å². The molecule has 126 valence electrons. The molecule has 0 spiro atoms. The van der Waals surface area contributed by atoms with E-state index in [0.29, 0.717) is 17.5 Å². The van der Waals surface area contributed by atoms with Crippen LogP contribution in [0.4, 0.5) is 5.13 Å². The van der Waals surface area contributed by atoms with Gasteiger partial charge in [-0.15, -0.1) is 11.3 Å². The van der Waals surface area contributed by atoms with Gasteiger partial charge in [0.2, 0.25) is 5.91 Å². The number of hydrogen-bond donors (Lipinski definition) is 1. The van der Waals surface area contributed by atoms with Crippen LogP contribution in [0, 0.1) is 0 Å². The third-order valence-electron chi connectivity index (χ3n) is 4.92. The summed E-state index contributed by atoms with van der Waals surface area (Å²) in [5.41, 5.74) is 3.95. The molecular formula is C19H22N2O2S. The molecule has 5 heteroatoms. The monoisotopic (exact) mass is 342 g/mol. The Morgan fingerprint density at radius 2 is 2.08 bits per heavy atom. The third-order valence-corrected chi connectivity index (χ3v) is 6.00. The van der Waals surface area contributed by atoms with Gasteiger partial charge in [0, 0.05) is 24.3 Å². The van der Waals surface area contributed by atoms with Crippen LogP contribution < -0.4 is 5.32 Å². The van der Waals surface area contributed by atoms with Crippen molar-refractivity contribution in [1.82, 2.24) is 4.98 Å². The summed E-state index contributed by atoms with van der Waals surface area (Å²) < 4.78 is 5.41. The first-order valence-corrected chi connectivity index (χ1v) is 9.53. The van der Waals surface area contributed by atoms with Crippen LogP contribution >= 0.6 is 11.3 Å². The standard InChI is InChI=1S/C19H22N2O2S/c22-18(11-13-4-5-14-2-1-3-16(14)10-13)21-19-20-12-17(24-19)15-6-8-23-9-7-15/h4-5,10,12,15H,1-3,6-9,11H2,(H,20,21,22). The predicted octanol–water partition coefficient (Wildman–Crippen LogP) is 3.71. The maximum atomic E-state index is 12.3. The van der Waals surface area contributed by atoms with Gasteiger partial charge >= 0.3 is 0 Å². The van der Waals surface area contributed by atoms with Crippen LogP contribution in [0.25, 0.3) is 0 Å². The highest BCUT2D eigenvalue weighted by atomic mass is 32.1. The smallest absolute Gasteiger partial charge is 0.230 e. The second-order valence-corrected chi connectivity index (χ2v) is 7.70. The van der Waals surface area contributed by atoms with E-state index >= 15 is 0 Å². The summed E-state index contributed by atoms with van der Waals surface area (Å²) in [5, 5.41) is 3.67. The SMILES string of the molecule is O=C(Cc1ccc2c(c1)CCC2)Nc1ncc(C2CCOCC2)s1. The molecule has 4 nitrogen and oxygen atoms in total. The molecule has 0 bridgehead atoms. The van der Waals surface area contributed by atoms with E-state index in [1.54, 1.807) is 11.3 Å². The molecule has 24 heavy (non-hydrogen) atoms. The lowest BCUT2D eigenvalue weighted by Crippen LogP contribution is -2.14. The van der Waals surface area contributed by atoms with Gasteiger partial charge in [0.05, 0.1) is 6.42 Å². The number of aryl methyl sites for hydroxylation is 2. The summed E-state index contributed by atoms with van der Waals surface area (Å²) in [6.45, 7) is 1.64. The topological polar surface area (TPSA) is 51.2 Å².